The second-order valence-corrected chi connectivity index (χ2v) is 6.23. The van der Waals surface area contributed by atoms with Crippen molar-refractivity contribution in [3.8, 4) is 11.3 Å². The van der Waals surface area contributed by atoms with Gasteiger partial charge in [0.2, 0.25) is 5.91 Å². The van der Waals surface area contributed by atoms with Crippen molar-refractivity contribution < 1.29 is 14.4 Å². The monoisotopic (exact) mass is 368 g/mol. The van der Waals surface area contributed by atoms with Crippen LogP contribution < -0.4 is 10.6 Å². The normalized spacial score (nSPS) is 11.4. The van der Waals surface area contributed by atoms with Crippen LogP contribution in [-0.2, 0) is 4.79 Å². The number of nitrogens with zero attached hydrogens (tertiary/aromatic N) is 2. The van der Waals surface area contributed by atoms with E-state index in [-0.39, 0.29) is 30.2 Å². The summed E-state index contributed by atoms with van der Waals surface area (Å²) in [5.41, 5.74) is 2.49. The number of carbonyl (C=O) groups excluding carboxylic acids is 3. The van der Waals surface area contributed by atoms with Crippen molar-refractivity contribution in [1.82, 2.24) is 20.5 Å². The molecule has 1 heterocycles. The van der Waals surface area contributed by atoms with Gasteiger partial charge in [0.1, 0.15) is 0 Å². The molecule has 1 atom stereocenters. The topological polar surface area (TPSA) is 91.4 Å². The number of amides is 3. The van der Waals surface area contributed by atoms with Gasteiger partial charge >= 0.3 is 0 Å². The van der Waals surface area contributed by atoms with E-state index in [1.165, 1.54) is 0 Å². The first kappa shape index (κ1) is 20.1. The molecule has 0 saturated heterocycles. The standard InChI is InChI=1S/C20H24N4O3/c1-13(11-18(25)21-2)24(4)20(27)15-7-5-14(6-8-15)17-12-16(9-10-23-17)19(26)22-3/h5-10,12-13H,11H2,1-4H3,(H,21,25)(H,22,26)/t13-/m1/s1. The van der Waals surface area contributed by atoms with Crippen molar-refractivity contribution in [1.29, 1.82) is 0 Å². The molecule has 0 fully saturated rings. The van der Waals surface area contributed by atoms with Gasteiger partial charge in [-0.3, -0.25) is 19.4 Å². The maximum absolute atomic E-state index is 12.6. The quantitative estimate of drug-likeness (QED) is 0.812. The molecule has 7 nitrogen and oxygen atoms in total. The Balaban J connectivity index is 2.16. The van der Waals surface area contributed by atoms with E-state index in [2.05, 4.69) is 15.6 Å². The summed E-state index contributed by atoms with van der Waals surface area (Å²) in [5.74, 6) is -0.457. The molecule has 2 N–H and O–H groups in total. The van der Waals surface area contributed by atoms with E-state index in [0.29, 0.717) is 16.8 Å². The van der Waals surface area contributed by atoms with Crippen LogP contribution in [0, 0.1) is 0 Å². The first-order valence-corrected chi connectivity index (χ1v) is 8.63. The molecule has 7 heteroatoms. The fourth-order valence-electron chi connectivity index (χ4n) is 2.57. The maximum atomic E-state index is 12.6. The summed E-state index contributed by atoms with van der Waals surface area (Å²) in [6.07, 6.45) is 1.82. The fraction of sp³-hybridized carbons (Fsp3) is 0.300. The molecule has 0 aliphatic heterocycles. The third kappa shape index (κ3) is 4.91. The van der Waals surface area contributed by atoms with Gasteiger partial charge in [-0.2, -0.15) is 0 Å². The Bertz CT molecular complexity index is 833. The third-order valence-corrected chi connectivity index (χ3v) is 4.42. The highest BCUT2D eigenvalue weighted by molar-refractivity contribution is 5.96. The summed E-state index contributed by atoms with van der Waals surface area (Å²) in [4.78, 5) is 41.7. The lowest BCUT2D eigenvalue weighted by Crippen LogP contribution is -2.38. The van der Waals surface area contributed by atoms with Gasteiger partial charge in [-0.15, -0.1) is 0 Å². The summed E-state index contributed by atoms with van der Waals surface area (Å²) in [6, 6.07) is 10.1. The van der Waals surface area contributed by atoms with Crippen molar-refractivity contribution in [3.05, 3.63) is 53.7 Å². The van der Waals surface area contributed by atoms with Gasteiger partial charge in [0.25, 0.3) is 11.8 Å². The predicted octanol–water partition coefficient (Wildman–Crippen LogP) is 1.70. The van der Waals surface area contributed by atoms with Gasteiger partial charge in [0.15, 0.2) is 0 Å². The third-order valence-electron chi connectivity index (χ3n) is 4.42. The van der Waals surface area contributed by atoms with E-state index in [1.807, 2.05) is 6.92 Å². The number of hydrogen-bond acceptors (Lipinski definition) is 4. The van der Waals surface area contributed by atoms with Crippen molar-refractivity contribution in [2.45, 2.75) is 19.4 Å². The predicted molar refractivity (Wildman–Crippen MR) is 103 cm³/mol. The molecule has 0 spiro atoms. The van der Waals surface area contributed by atoms with Crippen LogP contribution in [0.1, 0.15) is 34.1 Å². The van der Waals surface area contributed by atoms with Crippen LogP contribution in [0.5, 0.6) is 0 Å². The molecule has 0 bridgehead atoms. The van der Waals surface area contributed by atoms with Gasteiger partial charge in [-0.25, -0.2) is 0 Å². The minimum atomic E-state index is -0.219. The number of carbonyl (C=O) groups is 3. The summed E-state index contributed by atoms with van der Waals surface area (Å²) in [5, 5.41) is 5.14. The highest BCUT2D eigenvalue weighted by Gasteiger charge is 2.19. The van der Waals surface area contributed by atoms with Gasteiger partial charge in [0.05, 0.1) is 5.69 Å². The molecule has 1 aromatic heterocycles. The van der Waals surface area contributed by atoms with E-state index in [9.17, 15) is 14.4 Å². The Labute approximate surface area is 158 Å². The van der Waals surface area contributed by atoms with E-state index >= 15 is 0 Å². The van der Waals surface area contributed by atoms with Crippen molar-refractivity contribution >= 4 is 17.7 Å². The Hall–Kier alpha value is -3.22. The minimum absolute atomic E-state index is 0.112. The Kier molecular flexibility index (Phi) is 6.65. The SMILES string of the molecule is CNC(=O)C[C@@H](C)N(C)C(=O)c1ccc(-c2cc(C(=O)NC)ccn2)cc1. The van der Waals surface area contributed by atoms with E-state index in [4.69, 9.17) is 0 Å². The number of rotatable bonds is 6. The first-order chi connectivity index (χ1) is 12.9. The Morgan fingerprint density at radius 1 is 1.04 bits per heavy atom. The largest absolute Gasteiger partial charge is 0.359 e. The molecular weight excluding hydrogens is 344 g/mol. The average Bonchev–Trinajstić information content (AvgIpc) is 2.72. The van der Waals surface area contributed by atoms with Crippen LogP contribution >= 0.6 is 0 Å². The number of aromatic nitrogens is 1. The first-order valence-electron chi connectivity index (χ1n) is 8.63. The van der Waals surface area contributed by atoms with Crippen molar-refractivity contribution in [3.63, 3.8) is 0 Å². The van der Waals surface area contributed by atoms with Crippen LogP contribution in [0.15, 0.2) is 42.6 Å². The highest BCUT2D eigenvalue weighted by atomic mass is 16.2. The zero-order chi connectivity index (χ0) is 20.0. The van der Waals surface area contributed by atoms with Crippen LogP contribution in [0.2, 0.25) is 0 Å². The van der Waals surface area contributed by atoms with E-state index < -0.39 is 0 Å². The van der Waals surface area contributed by atoms with Gasteiger partial charge in [0, 0.05) is 56.5 Å². The van der Waals surface area contributed by atoms with Crippen LogP contribution in [0.25, 0.3) is 11.3 Å². The fourth-order valence-corrected chi connectivity index (χ4v) is 2.57. The highest BCUT2D eigenvalue weighted by Crippen LogP contribution is 2.19. The molecular formula is C20H24N4O3. The second kappa shape index (κ2) is 8.93. The van der Waals surface area contributed by atoms with E-state index in [0.717, 1.165) is 5.56 Å². The lowest BCUT2D eigenvalue weighted by atomic mass is 10.1. The number of pyridine rings is 1. The Morgan fingerprint density at radius 3 is 2.30 bits per heavy atom. The zero-order valence-corrected chi connectivity index (χ0v) is 15.9. The number of benzene rings is 1. The summed E-state index contributed by atoms with van der Waals surface area (Å²) < 4.78 is 0. The summed E-state index contributed by atoms with van der Waals surface area (Å²) in [7, 11) is 4.82. The maximum Gasteiger partial charge on any atom is 0.253 e. The molecule has 27 heavy (non-hydrogen) atoms. The summed E-state index contributed by atoms with van der Waals surface area (Å²) in [6.45, 7) is 1.83. The molecule has 3 amide bonds. The molecule has 0 saturated carbocycles. The molecule has 142 valence electrons. The lowest BCUT2D eigenvalue weighted by molar-refractivity contribution is -0.121. The molecule has 2 aromatic rings. The molecule has 0 aliphatic rings. The average molecular weight is 368 g/mol. The lowest BCUT2D eigenvalue weighted by Gasteiger charge is -2.24. The van der Waals surface area contributed by atoms with Crippen molar-refractivity contribution in [2.75, 3.05) is 21.1 Å². The molecule has 0 unspecified atom stereocenters. The van der Waals surface area contributed by atoms with E-state index in [1.54, 1.807) is 68.6 Å². The van der Waals surface area contributed by atoms with Crippen LogP contribution in [-0.4, -0.2) is 54.8 Å². The Morgan fingerprint density at radius 2 is 1.70 bits per heavy atom. The van der Waals surface area contributed by atoms with Crippen LogP contribution in [0.3, 0.4) is 0 Å². The molecule has 2 rings (SSSR count). The van der Waals surface area contributed by atoms with Gasteiger partial charge in [-0.1, -0.05) is 12.1 Å². The molecule has 0 aliphatic carbocycles. The minimum Gasteiger partial charge on any atom is -0.359 e. The second-order valence-electron chi connectivity index (χ2n) is 6.23. The van der Waals surface area contributed by atoms with Crippen LogP contribution in [0.4, 0.5) is 0 Å². The number of nitrogens with one attached hydrogen (secondary N) is 2. The van der Waals surface area contributed by atoms with Gasteiger partial charge in [-0.05, 0) is 31.2 Å². The van der Waals surface area contributed by atoms with Gasteiger partial charge < -0.3 is 15.5 Å². The van der Waals surface area contributed by atoms with Crippen molar-refractivity contribution in [2.24, 2.45) is 0 Å². The zero-order valence-electron chi connectivity index (χ0n) is 15.9. The smallest absolute Gasteiger partial charge is 0.253 e. The molecule has 0 radical (unpaired) electrons. The molecule has 1 aromatic carbocycles. The summed E-state index contributed by atoms with van der Waals surface area (Å²) >= 11 is 0. The number of hydrogen-bond donors (Lipinski definition) is 2.